The molecule has 3 aromatic carbocycles. The first-order valence-corrected chi connectivity index (χ1v) is 13.0. The van der Waals surface area contributed by atoms with Crippen LogP contribution in [0.3, 0.4) is 0 Å². The summed E-state index contributed by atoms with van der Waals surface area (Å²) in [6, 6.07) is 22.1. The number of amides is 2. The normalized spacial score (nSPS) is 10.8. The maximum absolute atomic E-state index is 13.6. The van der Waals surface area contributed by atoms with Crippen molar-refractivity contribution in [3.05, 3.63) is 90.2 Å². The summed E-state index contributed by atoms with van der Waals surface area (Å²) in [5.41, 5.74) is 2.41. The van der Waals surface area contributed by atoms with Crippen molar-refractivity contribution in [3.63, 3.8) is 0 Å². The minimum atomic E-state index is -0.396. The highest BCUT2D eigenvalue weighted by molar-refractivity contribution is 6.01. The molecule has 0 saturated heterocycles. The van der Waals surface area contributed by atoms with Gasteiger partial charge in [-0.25, -0.2) is 9.07 Å². The second-order valence-corrected chi connectivity index (χ2v) is 9.69. The van der Waals surface area contributed by atoms with E-state index in [-0.39, 0.29) is 18.3 Å². The second kappa shape index (κ2) is 12.9. The summed E-state index contributed by atoms with van der Waals surface area (Å²) in [7, 11) is 3.02. The van der Waals surface area contributed by atoms with E-state index in [2.05, 4.69) is 24.3 Å². The molecule has 0 aliphatic heterocycles. The SMILES string of the molecule is COc1ccc(C(=O)N(CCC(C)C)CC(=O)Nc2cc(-c3ccccc3)nn2-c2ccc(F)cc2)c(OC)c1. The van der Waals surface area contributed by atoms with Crippen LogP contribution >= 0.6 is 0 Å². The summed E-state index contributed by atoms with van der Waals surface area (Å²) < 4.78 is 25.9. The van der Waals surface area contributed by atoms with Crippen LogP contribution in [0.2, 0.25) is 0 Å². The number of carbonyl (C=O) groups is 2. The van der Waals surface area contributed by atoms with Crippen LogP contribution in [0.4, 0.5) is 10.2 Å². The first kappa shape index (κ1) is 28.4. The van der Waals surface area contributed by atoms with E-state index in [1.165, 1.54) is 31.3 Å². The molecule has 0 saturated carbocycles. The monoisotopic (exact) mass is 544 g/mol. The molecule has 0 fully saturated rings. The maximum Gasteiger partial charge on any atom is 0.258 e. The molecule has 2 amide bonds. The van der Waals surface area contributed by atoms with Gasteiger partial charge in [-0.05, 0) is 48.7 Å². The zero-order chi connectivity index (χ0) is 28.6. The summed E-state index contributed by atoms with van der Waals surface area (Å²) in [6.45, 7) is 4.31. The number of anilines is 1. The van der Waals surface area contributed by atoms with Crippen molar-refractivity contribution in [2.24, 2.45) is 5.92 Å². The van der Waals surface area contributed by atoms with Gasteiger partial charge in [0, 0.05) is 24.2 Å². The fourth-order valence-electron chi connectivity index (χ4n) is 4.17. The quantitative estimate of drug-likeness (QED) is 0.257. The van der Waals surface area contributed by atoms with E-state index in [1.54, 1.807) is 41.1 Å². The van der Waals surface area contributed by atoms with Crippen LogP contribution in [0.1, 0.15) is 30.6 Å². The van der Waals surface area contributed by atoms with Gasteiger partial charge in [-0.1, -0.05) is 44.2 Å². The number of hydrogen-bond acceptors (Lipinski definition) is 5. The number of hydrogen-bond donors (Lipinski definition) is 1. The summed E-state index contributed by atoms with van der Waals surface area (Å²) in [6.07, 6.45) is 0.711. The molecule has 0 bridgehead atoms. The van der Waals surface area contributed by atoms with Crippen LogP contribution in [-0.4, -0.2) is 53.8 Å². The highest BCUT2D eigenvalue weighted by Crippen LogP contribution is 2.27. The Balaban J connectivity index is 1.62. The topological polar surface area (TPSA) is 85.7 Å². The Morgan fingerprint density at radius 2 is 1.70 bits per heavy atom. The van der Waals surface area contributed by atoms with Crippen LogP contribution in [0.25, 0.3) is 16.9 Å². The van der Waals surface area contributed by atoms with Gasteiger partial charge in [0.1, 0.15) is 29.7 Å². The van der Waals surface area contributed by atoms with Crippen LogP contribution in [0.5, 0.6) is 11.5 Å². The molecular weight excluding hydrogens is 511 g/mol. The summed E-state index contributed by atoms with van der Waals surface area (Å²) in [4.78, 5) is 28.5. The van der Waals surface area contributed by atoms with Crippen molar-refractivity contribution in [2.75, 3.05) is 32.6 Å². The van der Waals surface area contributed by atoms with Gasteiger partial charge >= 0.3 is 0 Å². The van der Waals surface area contributed by atoms with E-state index in [0.29, 0.717) is 53.1 Å². The Hall–Kier alpha value is -4.66. The summed E-state index contributed by atoms with van der Waals surface area (Å²) in [5.74, 6) is 0.542. The number of nitrogens with zero attached hydrogens (tertiary/aromatic N) is 3. The summed E-state index contributed by atoms with van der Waals surface area (Å²) >= 11 is 0. The fraction of sp³-hybridized carbons (Fsp3) is 0.258. The van der Waals surface area contributed by atoms with Gasteiger partial charge in [-0.15, -0.1) is 0 Å². The average molecular weight is 545 g/mol. The van der Waals surface area contributed by atoms with E-state index in [9.17, 15) is 14.0 Å². The molecule has 1 heterocycles. The molecule has 8 nitrogen and oxygen atoms in total. The van der Waals surface area contributed by atoms with Gasteiger partial charge in [0.2, 0.25) is 5.91 Å². The molecule has 4 aromatic rings. The molecule has 40 heavy (non-hydrogen) atoms. The molecule has 208 valence electrons. The van der Waals surface area contributed by atoms with E-state index in [1.807, 2.05) is 30.3 Å². The molecule has 0 spiro atoms. The van der Waals surface area contributed by atoms with Crippen LogP contribution in [0.15, 0.2) is 78.9 Å². The lowest BCUT2D eigenvalue weighted by atomic mass is 10.1. The molecule has 1 N–H and O–H groups in total. The van der Waals surface area contributed by atoms with Crippen molar-refractivity contribution in [1.29, 1.82) is 0 Å². The first-order chi connectivity index (χ1) is 19.3. The van der Waals surface area contributed by atoms with Crippen LogP contribution in [0, 0.1) is 11.7 Å². The second-order valence-electron chi connectivity index (χ2n) is 9.69. The van der Waals surface area contributed by atoms with E-state index in [4.69, 9.17) is 9.47 Å². The molecule has 0 unspecified atom stereocenters. The Bertz CT molecular complexity index is 1450. The smallest absolute Gasteiger partial charge is 0.258 e. The number of aromatic nitrogens is 2. The molecule has 1 aromatic heterocycles. The fourth-order valence-corrected chi connectivity index (χ4v) is 4.17. The lowest BCUT2D eigenvalue weighted by Crippen LogP contribution is -2.39. The van der Waals surface area contributed by atoms with Gasteiger partial charge in [-0.2, -0.15) is 5.10 Å². The van der Waals surface area contributed by atoms with Gasteiger partial charge in [0.05, 0.1) is 31.2 Å². The van der Waals surface area contributed by atoms with Crippen LogP contribution in [-0.2, 0) is 4.79 Å². The zero-order valence-corrected chi connectivity index (χ0v) is 23.1. The van der Waals surface area contributed by atoms with E-state index < -0.39 is 5.91 Å². The van der Waals surface area contributed by atoms with Crippen molar-refractivity contribution in [3.8, 4) is 28.4 Å². The molecule has 9 heteroatoms. The van der Waals surface area contributed by atoms with Crippen molar-refractivity contribution < 1.29 is 23.5 Å². The average Bonchev–Trinajstić information content (AvgIpc) is 3.38. The minimum absolute atomic E-state index is 0.185. The predicted octanol–water partition coefficient (Wildman–Crippen LogP) is 5.82. The number of benzene rings is 3. The number of methoxy groups -OCH3 is 2. The Labute approximate surface area is 233 Å². The van der Waals surface area contributed by atoms with Gasteiger partial charge in [0.25, 0.3) is 5.91 Å². The maximum atomic E-state index is 13.6. The number of carbonyl (C=O) groups excluding carboxylic acids is 2. The lowest BCUT2D eigenvalue weighted by molar-refractivity contribution is -0.117. The molecule has 0 radical (unpaired) electrons. The molecule has 4 rings (SSSR count). The first-order valence-electron chi connectivity index (χ1n) is 13.0. The molecule has 0 aliphatic carbocycles. The van der Waals surface area contributed by atoms with Gasteiger partial charge in [-0.3, -0.25) is 9.59 Å². The minimum Gasteiger partial charge on any atom is -0.497 e. The summed E-state index contributed by atoms with van der Waals surface area (Å²) in [5, 5.41) is 7.57. The third-order valence-corrected chi connectivity index (χ3v) is 6.35. The lowest BCUT2D eigenvalue weighted by Gasteiger charge is -2.24. The molecule has 0 aliphatic rings. The number of rotatable bonds is 11. The highest BCUT2D eigenvalue weighted by atomic mass is 19.1. The van der Waals surface area contributed by atoms with Crippen molar-refractivity contribution >= 4 is 17.6 Å². The van der Waals surface area contributed by atoms with Crippen molar-refractivity contribution in [2.45, 2.75) is 20.3 Å². The highest BCUT2D eigenvalue weighted by Gasteiger charge is 2.24. The van der Waals surface area contributed by atoms with E-state index >= 15 is 0 Å². The Morgan fingerprint density at radius 1 is 0.975 bits per heavy atom. The largest absolute Gasteiger partial charge is 0.497 e. The third kappa shape index (κ3) is 6.85. The number of ether oxygens (including phenoxy) is 2. The Kier molecular flexibility index (Phi) is 9.16. The van der Waals surface area contributed by atoms with Crippen LogP contribution < -0.4 is 14.8 Å². The van der Waals surface area contributed by atoms with Gasteiger partial charge in [0.15, 0.2) is 0 Å². The van der Waals surface area contributed by atoms with E-state index in [0.717, 1.165) is 5.56 Å². The van der Waals surface area contributed by atoms with Crippen molar-refractivity contribution in [1.82, 2.24) is 14.7 Å². The standard InChI is InChI=1S/C31H33FN4O4/c1-21(2)16-17-35(31(38)26-15-14-25(39-3)18-28(26)40-4)20-30(37)33-29-19-27(22-8-6-5-7-9-22)34-36(29)24-12-10-23(32)11-13-24/h5-15,18-19,21H,16-17,20H2,1-4H3,(H,33,37). The zero-order valence-electron chi connectivity index (χ0n) is 23.1. The molecule has 0 atom stereocenters. The molecular formula is C31H33FN4O4. The third-order valence-electron chi connectivity index (χ3n) is 6.35. The number of halogens is 1. The Morgan fingerprint density at radius 3 is 2.35 bits per heavy atom. The van der Waals surface area contributed by atoms with Gasteiger partial charge < -0.3 is 19.7 Å². The predicted molar refractivity (Wildman–Crippen MR) is 152 cm³/mol. The number of nitrogens with one attached hydrogen (secondary N) is 1.